The number of rotatable bonds is 7. The number of nitrogens with zero attached hydrogens (tertiary/aromatic N) is 3. The number of benzene rings is 2. The number of aromatic nitrogens is 2. The van der Waals surface area contributed by atoms with Crippen LogP contribution in [0.15, 0.2) is 53.4 Å². The van der Waals surface area contributed by atoms with Crippen molar-refractivity contribution in [2.75, 3.05) is 30.1 Å². The molecule has 1 atom stereocenters. The molecule has 1 fully saturated rings. The molecule has 1 aliphatic heterocycles. The van der Waals surface area contributed by atoms with Crippen LogP contribution in [0, 0.1) is 18.8 Å². The van der Waals surface area contributed by atoms with Gasteiger partial charge in [-0.1, -0.05) is 38.1 Å². The number of aryl methyl sites for hydroxylation is 1. The average molecular weight is 537 g/mol. The molecular weight excluding hydrogens is 500 g/mol. The summed E-state index contributed by atoms with van der Waals surface area (Å²) < 4.78 is 40.5. The number of ether oxygens (including phenoxy) is 2. The lowest BCUT2D eigenvalue weighted by Crippen LogP contribution is -2.35. The minimum absolute atomic E-state index is 0.0271. The van der Waals surface area contributed by atoms with Crippen molar-refractivity contribution in [3.8, 4) is 17.1 Å². The molecule has 2 aliphatic rings. The summed E-state index contributed by atoms with van der Waals surface area (Å²) in [5, 5.41) is 3.47. The van der Waals surface area contributed by atoms with Crippen LogP contribution >= 0.6 is 0 Å². The predicted octanol–water partition coefficient (Wildman–Crippen LogP) is 5.42. The quantitative estimate of drug-likeness (QED) is 0.431. The summed E-state index contributed by atoms with van der Waals surface area (Å²) in [4.78, 5) is 9.54. The van der Waals surface area contributed by atoms with Crippen LogP contribution in [0.1, 0.15) is 44.2 Å². The molecule has 0 unspecified atom stereocenters. The third-order valence-corrected chi connectivity index (χ3v) is 8.66. The van der Waals surface area contributed by atoms with Crippen molar-refractivity contribution < 1.29 is 17.9 Å². The first-order chi connectivity index (χ1) is 18.2. The number of sulfonamides is 1. The van der Waals surface area contributed by atoms with E-state index in [9.17, 15) is 8.42 Å². The van der Waals surface area contributed by atoms with E-state index in [2.05, 4.69) is 49.3 Å². The summed E-state index contributed by atoms with van der Waals surface area (Å²) >= 11 is 0. The normalized spacial score (nSPS) is 18.8. The van der Waals surface area contributed by atoms with Gasteiger partial charge >= 0.3 is 0 Å². The van der Waals surface area contributed by atoms with Gasteiger partial charge in [0, 0.05) is 24.4 Å². The summed E-state index contributed by atoms with van der Waals surface area (Å²) in [6, 6.07) is 14.9. The van der Waals surface area contributed by atoms with Gasteiger partial charge in [-0.15, -0.1) is 0 Å². The molecule has 1 aliphatic carbocycles. The molecule has 4 bridgehead atoms. The second kappa shape index (κ2) is 10.9. The first-order valence-electron chi connectivity index (χ1n) is 13.2. The highest BCUT2D eigenvalue weighted by atomic mass is 32.2. The Morgan fingerprint density at radius 1 is 1.13 bits per heavy atom. The van der Waals surface area contributed by atoms with Crippen molar-refractivity contribution in [2.24, 2.45) is 11.8 Å². The topological polar surface area (TPSA) is 93.7 Å². The zero-order valence-electron chi connectivity index (χ0n) is 22.5. The third kappa shape index (κ3) is 5.78. The first-order valence-corrected chi connectivity index (χ1v) is 14.7. The molecule has 202 valence electrons. The molecule has 9 heteroatoms. The Balaban J connectivity index is 1.68. The molecule has 1 N–H and O–H groups in total. The van der Waals surface area contributed by atoms with Crippen molar-refractivity contribution in [1.82, 2.24) is 9.97 Å². The van der Waals surface area contributed by atoms with Gasteiger partial charge in [0.25, 0.3) is 10.0 Å². The molecule has 8 nitrogen and oxygen atoms in total. The zero-order chi connectivity index (χ0) is 26.9. The highest BCUT2D eigenvalue weighted by Crippen LogP contribution is 2.38. The van der Waals surface area contributed by atoms with Crippen molar-refractivity contribution in [1.29, 1.82) is 0 Å². The van der Waals surface area contributed by atoms with Crippen LogP contribution in [0.25, 0.3) is 11.3 Å². The SMILES string of the molecule is COCN1c2nc(cc(-c3c(C)cccc3CC3CC3)n2)OC[C@@H](CC(C)C)Nc2cccc(c2)S1(=O)=O. The van der Waals surface area contributed by atoms with Gasteiger partial charge in [0.2, 0.25) is 11.8 Å². The number of methoxy groups -OCH3 is 1. The van der Waals surface area contributed by atoms with Crippen LogP contribution in [0.4, 0.5) is 11.6 Å². The van der Waals surface area contributed by atoms with Gasteiger partial charge < -0.3 is 14.8 Å². The maximum Gasteiger partial charge on any atom is 0.268 e. The standard InChI is InChI=1S/C29H36N4O4S/c1-19(2)13-24-17-37-27-16-26(28-20(3)7-5-8-22(28)14-21-11-12-21)31-29(32-27)33(18-36-4)38(34,35)25-10-6-9-23(15-25)30-24/h5-10,15-16,19,21,24,30H,11-14,17-18H2,1-4H3/t24-/m1/s1. The van der Waals surface area contributed by atoms with Gasteiger partial charge in [-0.05, 0) is 73.8 Å². The summed E-state index contributed by atoms with van der Waals surface area (Å²) in [6.07, 6.45) is 4.29. The van der Waals surface area contributed by atoms with Crippen LogP contribution in [0.3, 0.4) is 0 Å². The maximum absolute atomic E-state index is 13.9. The highest BCUT2D eigenvalue weighted by molar-refractivity contribution is 7.92. The van der Waals surface area contributed by atoms with Gasteiger partial charge in [-0.3, -0.25) is 0 Å². The Kier molecular flexibility index (Phi) is 7.59. The van der Waals surface area contributed by atoms with Crippen LogP contribution in [-0.2, 0) is 21.2 Å². The molecule has 0 radical (unpaired) electrons. The molecule has 38 heavy (non-hydrogen) atoms. The van der Waals surface area contributed by atoms with Gasteiger partial charge in [0.05, 0.1) is 16.6 Å². The Morgan fingerprint density at radius 2 is 1.92 bits per heavy atom. The summed E-state index contributed by atoms with van der Waals surface area (Å²) in [5.41, 5.74) is 4.65. The molecule has 1 aromatic heterocycles. The molecule has 2 heterocycles. The van der Waals surface area contributed by atoms with E-state index in [0.29, 0.717) is 35.7 Å². The number of nitrogens with one attached hydrogen (secondary N) is 1. The van der Waals surface area contributed by atoms with E-state index in [-0.39, 0.29) is 23.6 Å². The van der Waals surface area contributed by atoms with Crippen molar-refractivity contribution in [2.45, 2.75) is 57.4 Å². The van der Waals surface area contributed by atoms with Gasteiger partial charge in [-0.2, -0.15) is 4.98 Å². The van der Waals surface area contributed by atoms with Gasteiger partial charge in [0.15, 0.2) is 0 Å². The number of hydrogen-bond acceptors (Lipinski definition) is 7. The van der Waals surface area contributed by atoms with E-state index in [0.717, 1.165) is 28.3 Å². The van der Waals surface area contributed by atoms with Crippen molar-refractivity contribution in [3.05, 3.63) is 59.7 Å². The summed E-state index contributed by atoms with van der Waals surface area (Å²) in [5.74, 6) is 1.47. The number of fused-ring (bicyclic) bond motifs is 4. The lowest BCUT2D eigenvalue weighted by Gasteiger charge is -2.26. The fraction of sp³-hybridized carbons (Fsp3) is 0.448. The summed E-state index contributed by atoms with van der Waals surface area (Å²) in [6.45, 7) is 6.51. The highest BCUT2D eigenvalue weighted by Gasteiger charge is 2.30. The Labute approximate surface area is 225 Å². The smallest absolute Gasteiger partial charge is 0.268 e. The molecule has 2 aromatic carbocycles. The number of hydrogen-bond donors (Lipinski definition) is 1. The van der Waals surface area contributed by atoms with Gasteiger partial charge in [0.1, 0.15) is 13.3 Å². The molecular formula is C29H36N4O4S. The molecule has 0 saturated heterocycles. The monoisotopic (exact) mass is 536 g/mol. The van der Waals surface area contributed by atoms with Gasteiger partial charge in [-0.25, -0.2) is 17.7 Å². The fourth-order valence-electron chi connectivity index (χ4n) is 5.01. The second-order valence-electron chi connectivity index (χ2n) is 10.7. The van der Waals surface area contributed by atoms with E-state index >= 15 is 0 Å². The Hall–Kier alpha value is -3.17. The van der Waals surface area contributed by atoms with E-state index in [1.165, 1.54) is 25.5 Å². The minimum atomic E-state index is -4.03. The average Bonchev–Trinajstić information content (AvgIpc) is 3.69. The van der Waals surface area contributed by atoms with E-state index in [4.69, 9.17) is 14.5 Å². The van der Waals surface area contributed by atoms with Crippen LogP contribution in [-0.4, -0.2) is 44.9 Å². The molecule has 5 rings (SSSR count). The Bertz CT molecular complexity index is 1410. The zero-order valence-corrected chi connectivity index (χ0v) is 23.3. The largest absolute Gasteiger partial charge is 0.475 e. The van der Waals surface area contributed by atoms with E-state index < -0.39 is 10.0 Å². The van der Waals surface area contributed by atoms with E-state index in [1.54, 1.807) is 18.2 Å². The molecule has 0 amide bonds. The third-order valence-electron chi connectivity index (χ3n) is 6.96. The molecule has 1 saturated carbocycles. The first kappa shape index (κ1) is 26.4. The number of anilines is 2. The van der Waals surface area contributed by atoms with Crippen LogP contribution in [0.5, 0.6) is 5.88 Å². The van der Waals surface area contributed by atoms with E-state index in [1.807, 2.05) is 12.1 Å². The lowest BCUT2D eigenvalue weighted by atomic mass is 9.95. The van der Waals surface area contributed by atoms with Crippen molar-refractivity contribution >= 4 is 21.7 Å². The predicted molar refractivity (Wildman–Crippen MR) is 149 cm³/mol. The second-order valence-corrected chi connectivity index (χ2v) is 12.6. The fourth-order valence-corrected chi connectivity index (χ4v) is 6.33. The maximum atomic E-state index is 13.9. The minimum Gasteiger partial charge on any atom is -0.475 e. The molecule has 0 spiro atoms. The van der Waals surface area contributed by atoms with Crippen LogP contribution < -0.4 is 14.4 Å². The van der Waals surface area contributed by atoms with Crippen LogP contribution in [0.2, 0.25) is 0 Å². The Morgan fingerprint density at radius 3 is 2.66 bits per heavy atom. The summed E-state index contributed by atoms with van der Waals surface area (Å²) in [7, 11) is -2.58. The molecule has 3 aromatic rings. The van der Waals surface area contributed by atoms with Crippen molar-refractivity contribution in [3.63, 3.8) is 0 Å². The lowest BCUT2D eigenvalue weighted by molar-refractivity contribution is 0.208.